The van der Waals surface area contributed by atoms with Gasteiger partial charge in [0.25, 0.3) is 5.69 Å². The number of benzene rings is 1. The number of carbonyl (C=O) groups is 1. The van der Waals surface area contributed by atoms with Crippen LogP contribution in [0.3, 0.4) is 0 Å². The van der Waals surface area contributed by atoms with Gasteiger partial charge < -0.3 is 10.2 Å². The molecule has 1 aromatic carbocycles. The first kappa shape index (κ1) is 18.7. The number of nitro benzene ring substituents is 1. The van der Waals surface area contributed by atoms with Gasteiger partial charge in [-0.3, -0.25) is 14.9 Å². The lowest BCUT2D eigenvalue weighted by atomic mass is 10.1. The number of non-ortho nitro benzene ring substituents is 1. The molecule has 0 saturated carbocycles. The maximum absolute atomic E-state index is 12.1. The largest absolute Gasteiger partial charge is 0.342 e. The molecule has 1 aromatic rings. The van der Waals surface area contributed by atoms with Crippen molar-refractivity contribution in [1.29, 1.82) is 0 Å². The van der Waals surface area contributed by atoms with Crippen LogP contribution in [-0.2, 0) is 4.79 Å². The maximum atomic E-state index is 12.1. The number of carbonyl (C=O) groups excluding carboxylic acids is 1. The third kappa shape index (κ3) is 5.15. The molecule has 122 valence electrons. The Kier molecular flexibility index (Phi) is 7.64. The van der Waals surface area contributed by atoms with Crippen molar-refractivity contribution in [1.82, 2.24) is 10.2 Å². The zero-order chi connectivity index (χ0) is 15.2. The normalized spacial score (nSPS) is 17.1. The van der Waals surface area contributed by atoms with Gasteiger partial charge in [0.2, 0.25) is 5.91 Å². The summed E-state index contributed by atoms with van der Waals surface area (Å²) in [6, 6.07) is 6.30. The van der Waals surface area contributed by atoms with E-state index in [0.29, 0.717) is 11.7 Å². The molecule has 2 rings (SSSR count). The van der Waals surface area contributed by atoms with Crippen molar-refractivity contribution in [3.63, 3.8) is 0 Å². The van der Waals surface area contributed by atoms with Crippen molar-refractivity contribution in [3.05, 3.63) is 34.4 Å². The molecule has 1 fully saturated rings. The molecule has 1 saturated heterocycles. The summed E-state index contributed by atoms with van der Waals surface area (Å²) < 4.78 is 0. The first-order chi connectivity index (χ1) is 10.1. The number of hydrogen-bond donors (Lipinski definition) is 1. The van der Waals surface area contributed by atoms with Crippen molar-refractivity contribution in [2.24, 2.45) is 5.92 Å². The fourth-order valence-electron chi connectivity index (χ4n) is 2.41. The third-order valence-electron chi connectivity index (χ3n) is 3.54. The number of hydrogen-bond acceptors (Lipinski definition) is 5. The van der Waals surface area contributed by atoms with Crippen molar-refractivity contribution in [2.45, 2.75) is 11.3 Å². The summed E-state index contributed by atoms with van der Waals surface area (Å²) in [5.41, 5.74) is 0.0696. The Balaban J connectivity index is 0.00000242. The van der Waals surface area contributed by atoms with Gasteiger partial charge in [-0.1, -0.05) is 0 Å². The Morgan fingerprint density at radius 2 is 2.14 bits per heavy atom. The summed E-state index contributed by atoms with van der Waals surface area (Å²) in [5, 5.41) is 13.7. The summed E-state index contributed by atoms with van der Waals surface area (Å²) in [6.45, 7) is 2.59. The minimum absolute atomic E-state index is 0. The van der Waals surface area contributed by atoms with Gasteiger partial charge in [0.15, 0.2) is 0 Å². The lowest BCUT2D eigenvalue weighted by Crippen LogP contribution is -2.31. The second kappa shape index (κ2) is 8.97. The van der Waals surface area contributed by atoms with Crippen LogP contribution >= 0.6 is 24.2 Å². The standard InChI is InChI=1S/C14H19N3O3S.ClH/c1-15-8-11-6-7-16(9-11)14(18)10-21-13-4-2-12(3-5-13)17(19)20;/h2-5,11,15H,6-10H2,1H3;1H. The maximum Gasteiger partial charge on any atom is 0.269 e. The minimum atomic E-state index is -0.425. The van der Waals surface area contributed by atoms with Crippen LogP contribution in [0.1, 0.15) is 6.42 Å². The monoisotopic (exact) mass is 345 g/mol. The smallest absolute Gasteiger partial charge is 0.269 e. The molecular weight excluding hydrogens is 326 g/mol. The number of likely N-dealkylation sites (tertiary alicyclic amines) is 1. The molecule has 0 spiro atoms. The van der Waals surface area contributed by atoms with E-state index in [2.05, 4.69) is 5.32 Å². The number of nitrogens with zero attached hydrogens (tertiary/aromatic N) is 2. The van der Waals surface area contributed by atoms with E-state index in [4.69, 9.17) is 0 Å². The molecular formula is C14H20ClN3O3S. The van der Waals surface area contributed by atoms with Crippen LogP contribution in [0.2, 0.25) is 0 Å². The van der Waals surface area contributed by atoms with Crippen molar-refractivity contribution in [2.75, 3.05) is 32.4 Å². The Labute approximate surface area is 140 Å². The molecule has 6 nitrogen and oxygen atoms in total. The van der Waals surface area contributed by atoms with E-state index < -0.39 is 4.92 Å². The number of halogens is 1. The van der Waals surface area contributed by atoms with E-state index in [1.807, 2.05) is 11.9 Å². The SMILES string of the molecule is CNCC1CCN(C(=O)CSc2ccc([N+](=O)[O-])cc2)C1.Cl. The predicted molar refractivity (Wildman–Crippen MR) is 89.7 cm³/mol. The minimum Gasteiger partial charge on any atom is -0.342 e. The zero-order valence-corrected chi connectivity index (χ0v) is 14.0. The lowest BCUT2D eigenvalue weighted by Gasteiger charge is -2.16. The Morgan fingerprint density at radius 1 is 1.45 bits per heavy atom. The molecule has 1 aliphatic rings. The van der Waals surface area contributed by atoms with E-state index in [-0.39, 0.29) is 24.0 Å². The van der Waals surface area contributed by atoms with Crippen LogP contribution in [0.15, 0.2) is 29.2 Å². The number of amides is 1. The first-order valence-corrected chi connectivity index (χ1v) is 7.88. The zero-order valence-electron chi connectivity index (χ0n) is 12.4. The van der Waals surface area contributed by atoms with E-state index in [9.17, 15) is 14.9 Å². The topological polar surface area (TPSA) is 75.5 Å². The predicted octanol–water partition coefficient (Wildman–Crippen LogP) is 2.18. The molecule has 0 aromatic heterocycles. The van der Waals surface area contributed by atoms with Gasteiger partial charge in [0.05, 0.1) is 10.7 Å². The van der Waals surface area contributed by atoms with E-state index in [0.717, 1.165) is 31.0 Å². The van der Waals surface area contributed by atoms with Gasteiger partial charge in [-0.2, -0.15) is 0 Å². The highest BCUT2D eigenvalue weighted by Gasteiger charge is 2.25. The van der Waals surface area contributed by atoms with Gasteiger partial charge in [0, 0.05) is 30.1 Å². The Hall–Kier alpha value is -1.31. The quantitative estimate of drug-likeness (QED) is 0.486. The van der Waals surface area contributed by atoms with Crippen LogP contribution in [0, 0.1) is 16.0 Å². The number of rotatable bonds is 6. The van der Waals surface area contributed by atoms with Gasteiger partial charge in [-0.15, -0.1) is 24.2 Å². The summed E-state index contributed by atoms with van der Waals surface area (Å²) in [5.74, 6) is 1.06. The van der Waals surface area contributed by atoms with E-state index in [1.165, 1.54) is 23.9 Å². The highest BCUT2D eigenvalue weighted by Crippen LogP contribution is 2.23. The molecule has 1 heterocycles. The highest BCUT2D eigenvalue weighted by molar-refractivity contribution is 8.00. The fraction of sp³-hybridized carbons (Fsp3) is 0.500. The molecule has 1 aliphatic heterocycles. The van der Waals surface area contributed by atoms with Crippen LogP contribution in [0.5, 0.6) is 0 Å². The van der Waals surface area contributed by atoms with Crippen molar-refractivity contribution < 1.29 is 9.72 Å². The van der Waals surface area contributed by atoms with Crippen molar-refractivity contribution >= 4 is 35.8 Å². The lowest BCUT2D eigenvalue weighted by molar-refractivity contribution is -0.384. The van der Waals surface area contributed by atoms with E-state index in [1.54, 1.807) is 12.1 Å². The van der Waals surface area contributed by atoms with Crippen LogP contribution in [0.25, 0.3) is 0 Å². The average molecular weight is 346 g/mol. The average Bonchev–Trinajstić information content (AvgIpc) is 2.94. The summed E-state index contributed by atoms with van der Waals surface area (Å²) >= 11 is 1.42. The third-order valence-corrected chi connectivity index (χ3v) is 4.54. The first-order valence-electron chi connectivity index (χ1n) is 6.89. The fourth-order valence-corrected chi connectivity index (χ4v) is 3.22. The van der Waals surface area contributed by atoms with Crippen LogP contribution < -0.4 is 5.32 Å². The van der Waals surface area contributed by atoms with Gasteiger partial charge >= 0.3 is 0 Å². The molecule has 22 heavy (non-hydrogen) atoms. The summed E-state index contributed by atoms with van der Waals surface area (Å²) in [4.78, 5) is 25.0. The second-order valence-electron chi connectivity index (χ2n) is 5.09. The molecule has 0 bridgehead atoms. The number of thioether (sulfide) groups is 1. The Morgan fingerprint density at radius 3 is 2.73 bits per heavy atom. The van der Waals surface area contributed by atoms with Gasteiger partial charge in [-0.25, -0.2) is 0 Å². The summed E-state index contributed by atoms with van der Waals surface area (Å²) in [6.07, 6.45) is 1.05. The molecule has 0 aliphatic carbocycles. The van der Waals surface area contributed by atoms with E-state index >= 15 is 0 Å². The molecule has 0 radical (unpaired) electrons. The van der Waals surface area contributed by atoms with Crippen LogP contribution in [0.4, 0.5) is 5.69 Å². The van der Waals surface area contributed by atoms with Gasteiger partial charge in [-0.05, 0) is 38.1 Å². The van der Waals surface area contributed by atoms with Crippen molar-refractivity contribution in [3.8, 4) is 0 Å². The van der Waals surface area contributed by atoms with Crippen LogP contribution in [-0.4, -0.2) is 48.2 Å². The Bertz CT molecular complexity index is 513. The van der Waals surface area contributed by atoms with Gasteiger partial charge in [0.1, 0.15) is 0 Å². The highest BCUT2D eigenvalue weighted by atomic mass is 35.5. The molecule has 1 unspecified atom stereocenters. The molecule has 1 atom stereocenters. The number of nitrogens with one attached hydrogen (secondary N) is 1. The second-order valence-corrected chi connectivity index (χ2v) is 6.14. The molecule has 1 amide bonds. The molecule has 1 N–H and O–H groups in total. The summed E-state index contributed by atoms with van der Waals surface area (Å²) in [7, 11) is 1.93. The number of nitro groups is 1. The molecule has 8 heteroatoms.